The van der Waals surface area contributed by atoms with Crippen LogP contribution in [0.5, 0.6) is 0 Å². The first-order chi connectivity index (χ1) is 11.5. The normalized spacial score (nSPS) is 11.5. The average molecular weight is 341 g/mol. The van der Waals surface area contributed by atoms with Gasteiger partial charge in [-0.1, -0.05) is 29.5 Å². The van der Waals surface area contributed by atoms with Crippen LogP contribution < -0.4 is 21.3 Å². The van der Waals surface area contributed by atoms with Crippen LogP contribution in [0.1, 0.15) is 10.4 Å². The van der Waals surface area contributed by atoms with Gasteiger partial charge < -0.3 is 15.6 Å². The highest BCUT2D eigenvalue weighted by Gasteiger charge is 2.07. The van der Waals surface area contributed by atoms with E-state index in [1.807, 2.05) is 35.9 Å². The van der Waals surface area contributed by atoms with E-state index in [4.69, 9.17) is 5.73 Å². The molecule has 0 aliphatic rings. The molecule has 3 rings (SSSR count). The number of hydrogen-bond donors (Lipinski definition) is 3. The zero-order valence-corrected chi connectivity index (χ0v) is 13.6. The zero-order valence-electron chi connectivity index (χ0n) is 12.8. The number of para-hydroxylation sites is 1. The lowest BCUT2D eigenvalue weighted by Gasteiger charge is -2.04. The van der Waals surface area contributed by atoms with E-state index in [2.05, 4.69) is 15.8 Å². The number of nitrogens with zero attached hydrogens (tertiary/aromatic N) is 2. The van der Waals surface area contributed by atoms with Crippen LogP contribution in [-0.4, -0.2) is 16.5 Å². The molecule has 24 heavy (non-hydrogen) atoms. The van der Waals surface area contributed by atoms with Gasteiger partial charge in [0.05, 0.1) is 10.2 Å². The summed E-state index contributed by atoms with van der Waals surface area (Å²) in [5, 5.41) is 6.61. The molecule has 0 spiro atoms. The van der Waals surface area contributed by atoms with Gasteiger partial charge in [-0.2, -0.15) is 0 Å². The summed E-state index contributed by atoms with van der Waals surface area (Å²) in [5.74, 6) is -0.374. The SMILES string of the molecule is Cn1/c(=N/NC(=O)c2cccc(NC(N)=O)c2)sc2ccccc21. The molecule has 0 aliphatic carbocycles. The number of nitrogens with two attached hydrogens (primary N) is 1. The van der Waals surface area contributed by atoms with Crippen molar-refractivity contribution >= 4 is 39.2 Å². The first-order valence-corrected chi connectivity index (χ1v) is 7.91. The lowest BCUT2D eigenvalue weighted by atomic mass is 10.2. The minimum Gasteiger partial charge on any atom is -0.351 e. The van der Waals surface area contributed by atoms with Crippen LogP contribution in [0.4, 0.5) is 10.5 Å². The first kappa shape index (κ1) is 15.8. The summed E-state index contributed by atoms with van der Waals surface area (Å²) in [7, 11) is 1.89. The van der Waals surface area contributed by atoms with Crippen molar-refractivity contribution in [2.75, 3.05) is 5.32 Å². The number of aromatic nitrogens is 1. The third-order valence-electron chi connectivity index (χ3n) is 3.36. The number of hydrogen-bond acceptors (Lipinski definition) is 4. The Balaban J connectivity index is 1.84. The lowest BCUT2D eigenvalue weighted by Crippen LogP contribution is -2.23. The number of carbonyl (C=O) groups excluding carboxylic acids is 2. The molecule has 8 heteroatoms. The second kappa shape index (κ2) is 6.55. The number of nitrogens with one attached hydrogen (secondary N) is 2. The van der Waals surface area contributed by atoms with Crippen molar-refractivity contribution in [1.29, 1.82) is 0 Å². The second-order valence-corrected chi connectivity index (χ2v) is 6.04. The predicted octanol–water partition coefficient (Wildman–Crippen LogP) is 1.98. The van der Waals surface area contributed by atoms with Crippen LogP contribution in [0.25, 0.3) is 10.2 Å². The molecule has 0 bridgehead atoms. The van der Waals surface area contributed by atoms with Crippen molar-refractivity contribution < 1.29 is 9.59 Å². The fraction of sp³-hybridized carbons (Fsp3) is 0.0625. The first-order valence-electron chi connectivity index (χ1n) is 7.10. The van der Waals surface area contributed by atoms with Crippen molar-refractivity contribution in [3.63, 3.8) is 0 Å². The van der Waals surface area contributed by atoms with E-state index in [1.165, 1.54) is 17.4 Å². The quantitative estimate of drug-likeness (QED) is 0.634. The second-order valence-electron chi connectivity index (χ2n) is 5.03. The molecule has 0 unspecified atom stereocenters. The molecule has 0 fully saturated rings. The maximum Gasteiger partial charge on any atom is 0.316 e. The van der Waals surface area contributed by atoms with Gasteiger partial charge in [0.25, 0.3) is 5.91 Å². The number of rotatable bonds is 3. The van der Waals surface area contributed by atoms with E-state index in [0.29, 0.717) is 16.1 Å². The molecule has 0 atom stereocenters. The number of fused-ring (bicyclic) bond motifs is 1. The molecule has 0 saturated carbocycles. The number of carbonyl (C=O) groups is 2. The van der Waals surface area contributed by atoms with Crippen LogP contribution in [0.2, 0.25) is 0 Å². The number of urea groups is 1. The summed E-state index contributed by atoms with van der Waals surface area (Å²) in [6.45, 7) is 0. The smallest absolute Gasteiger partial charge is 0.316 e. The fourth-order valence-electron chi connectivity index (χ4n) is 2.23. The van der Waals surface area contributed by atoms with Crippen molar-refractivity contribution in [2.24, 2.45) is 17.9 Å². The Morgan fingerprint density at radius 3 is 2.71 bits per heavy atom. The standard InChI is InChI=1S/C16H15N5O2S/c1-21-12-7-2-3-8-13(12)24-16(21)20-19-14(22)10-5-4-6-11(9-10)18-15(17)23/h2-9H,1H3,(H,19,22)(H3,17,18,23)/b20-16-. The monoisotopic (exact) mass is 341 g/mol. The van der Waals surface area contributed by atoms with E-state index < -0.39 is 6.03 Å². The summed E-state index contributed by atoms with van der Waals surface area (Å²) in [5.41, 5.74) is 9.46. The van der Waals surface area contributed by atoms with E-state index in [0.717, 1.165) is 10.2 Å². The molecular weight excluding hydrogens is 326 g/mol. The molecule has 0 radical (unpaired) electrons. The highest BCUT2D eigenvalue weighted by atomic mass is 32.1. The molecule has 1 aromatic heterocycles. The Morgan fingerprint density at radius 1 is 1.17 bits per heavy atom. The lowest BCUT2D eigenvalue weighted by molar-refractivity contribution is 0.0953. The van der Waals surface area contributed by atoms with E-state index in [-0.39, 0.29) is 5.91 Å². The Labute approximate surface area is 141 Å². The van der Waals surface area contributed by atoms with Crippen molar-refractivity contribution in [1.82, 2.24) is 9.99 Å². The van der Waals surface area contributed by atoms with Gasteiger partial charge in [0.15, 0.2) is 0 Å². The van der Waals surface area contributed by atoms with Gasteiger partial charge in [0.2, 0.25) is 4.80 Å². The minimum atomic E-state index is -0.686. The third kappa shape index (κ3) is 3.28. The molecule has 3 amide bonds. The Kier molecular flexibility index (Phi) is 4.30. The topological polar surface area (TPSA) is 102 Å². The third-order valence-corrected chi connectivity index (χ3v) is 4.47. The summed E-state index contributed by atoms with van der Waals surface area (Å²) in [6.07, 6.45) is 0. The van der Waals surface area contributed by atoms with E-state index in [1.54, 1.807) is 18.2 Å². The predicted molar refractivity (Wildman–Crippen MR) is 93.5 cm³/mol. The largest absolute Gasteiger partial charge is 0.351 e. The molecule has 4 N–H and O–H groups in total. The number of primary amides is 1. The number of anilines is 1. The Hall–Kier alpha value is -3.13. The van der Waals surface area contributed by atoms with E-state index >= 15 is 0 Å². The van der Waals surface area contributed by atoms with Gasteiger partial charge in [-0.05, 0) is 30.3 Å². The number of aryl methyl sites for hydroxylation is 1. The van der Waals surface area contributed by atoms with Crippen LogP contribution in [0.15, 0.2) is 53.6 Å². The van der Waals surface area contributed by atoms with Crippen molar-refractivity contribution in [3.8, 4) is 0 Å². The summed E-state index contributed by atoms with van der Waals surface area (Å²) in [4.78, 5) is 23.8. The van der Waals surface area contributed by atoms with Gasteiger partial charge in [-0.25, -0.2) is 10.2 Å². The van der Waals surface area contributed by atoms with Gasteiger partial charge >= 0.3 is 6.03 Å². The summed E-state index contributed by atoms with van der Waals surface area (Å²) < 4.78 is 2.99. The van der Waals surface area contributed by atoms with Crippen molar-refractivity contribution in [3.05, 3.63) is 58.9 Å². The van der Waals surface area contributed by atoms with Gasteiger partial charge in [-0.15, -0.1) is 5.10 Å². The molecule has 1 heterocycles. The van der Waals surface area contributed by atoms with E-state index in [9.17, 15) is 9.59 Å². The Bertz CT molecular complexity index is 989. The van der Waals surface area contributed by atoms with Crippen LogP contribution in [0, 0.1) is 0 Å². The molecule has 122 valence electrons. The average Bonchev–Trinajstić information content (AvgIpc) is 2.89. The van der Waals surface area contributed by atoms with Gasteiger partial charge in [0.1, 0.15) is 0 Å². The maximum atomic E-state index is 12.2. The molecule has 3 aromatic rings. The molecule has 7 nitrogen and oxygen atoms in total. The highest BCUT2D eigenvalue weighted by molar-refractivity contribution is 7.16. The highest BCUT2D eigenvalue weighted by Crippen LogP contribution is 2.15. The maximum absolute atomic E-state index is 12.2. The molecular formula is C16H15N5O2S. The summed E-state index contributed by atoms with van der Waals surface area (Å²) >= 11 is 1.48. The number of thiazole rings is 1. The molecule has 0 saturated heterocycles. The summed E-state index contributed by atoms with van der Waals surface area (Å²) in [6, 6.07) is 13.7. The Morgan fingerprint density at radius 2 is 1.96 bits per heavy atom. The fourth-order valence-corrected chi connectivity index (χ4v) is 3.21. The number of benzene rings is 2. The van der Waals surface area contributed by atoms with Gasteiger partial charge in [-0.3, -0.25) is 4.79 Å². The molecule has 2 aromatic carbocycles. The van der Waals surface area contributed by atoms with Crippen molar-refractivity contribution in [2.45, 2.75) is 0 Å². The number of amides is 3. The van der Waals surface area contributed by atoms with Crippen LogP contribution in [0.3, 0.4) is 0 Å². The van der Waals surface area contributed by atoms with Crippen LogP contribution in [-0.2, 0) is 7.05 Å². The molecule has 0 aliphatic heterocycles. The van der Waals surface area contributed by atoms with Crippen LogP contribution >= 0.6 is 11.3 Å². The zero-order chi connectivity index (χ0) is 17.1. The van der Waals surface area contributed by atoms with Gasteiger partial charge in [0, 0.05) is 18.3 Å². The minimum absolute atomic E-state index is 0.369.